The fourth-order valence-corrected chi connectivity index (χ4v) is 2.34. The van der Waals surface area contributed by atoms with Gasteiger partial charge in [0.15, 0.2) is 0 Å². The van der Waals surface area contributed by atoms with E-state index in [9.17, 15) is 4.79 Å². The van der Waals surface area contributed by atoms with Gasteiger partial charge < -0.3 is 0 Å². The fraction of sp³-hybridized carbons (Fsp3) is 0.412. The number of hydrogen-bond donors (Lipinski definition) is 0. The molecule has 0 bridgehead atoms. The predicted octanol–water partition coefficient (Wildman–Crippen LogP) is 3.92. The standard InChI is InChI=1S/C17H22N2O/c1-13(2)11-15-5-7-16(8-6-15)14(3)12-17(20)19-10-4-9-18-19/h4-10,13-14H,11-12H2,1-3H3. The number of carbonyl (C=O) groups excluding carboxylic acids is 1. The number of aromatic nitrogens is 2. The summed E-state index contributed by atoms with van der Waals surface area (Å²) in [4.78, 5) is 12.0. The first-order chi connectivity index (χ1) is 9.56. The minimum atomic E-state index is 0.0359. The molecular formula is C17H22N2O. The van der Waals surface area contributed by atoms with Gasteiger partial charge in [-0.15, -0.1) is 0 Å². The molecule has 2 aromatic rings. The van der Waals surface area contributed by atoms with Crippen LogP contribution in [-0.2, 0) is 6.42 Å². The second-order valence-corrected chi connectivity index (χ2v) is 5.79. The van der Waals surface area contributed by atoms with Crippen LogP contribution in [0.5, 0.6) is 0 Å². The maximum atomic E-state index is 12.0. The lowest BCUT2D eigenvalue weighted by Crippen LogP contribution is -2.13. The first-order valence-corrected chi connectivity index (χ1v) is 7.18. The van der Waals surface area contributed by atoms with Crippen LogP contribution >= 0.6 is 0 Å². The summed E-state index contributed by atoms with van der Waals surface area (Å²) in [5, 5.41) is 3.98. The maximum Gasteiger partial charge on any atom is 0.247 e. The van der Waals surface area contributed by atoms with Crippen LogP contribution in [0.3, 0.4) is 0 Å². The molecule has 0 saturated heterocycles. The number of rotatable bonds is 5. The maximum absolute atomic E-state index is 12.0. The van der Waals surface area contributed by atoms with Crippen molar-refractivity contribution in [1.82, 2.24) is 9.78 Å². The third-order valence-corrected chi connectivity index (χ3v) is 3.43. The van der Waals surface area contributed by atoms with Crippen molar-refractivity contribution in [3.8, 4) is 0 Å². The van der Waals surface area contributed by atoms with Crippen LogP contribution < -0.4 is 0 Å². The molecule has 0 aliphatic carbocycles. The van der Waals surface area contributed by atoms with Gasteiger partial charge in [0, 0.05) is 18.8 Å². The van der Waals surface area contributed by atoms with Crippen LogP contribution in [0, 0.1) is 5.92 Å². The second-order valence-electron chi connectivity index (χ2n) is 5.79. The van der Waals surface area contributed by atoms with Crippen molar-refractivity contribution >= 4 is 5.91 Å². The van der Waals surface area contributed by atoms with Gasteiger partial charge in [0.25, 0.3) is 0 Å². The van der Waals surface area contributed by atoms with E-state index in [2.05, 4.69) is 50.1 Å². The Balaban J connectivity index is 1.98. The van der Waals surface area contributed by atoms with Crippen LogP contribution in [0.15, 0.2) is 42.7 Å². The molecule has 0 amide bonds. The van der Waals surface area contributed by atoms with E-state index in [1.54, 1.807) is 18.5 Å². The molecule has 1 aromatic carbocycles. The molecule has 1 aromatic heterocycles. The molecule has 106 valence electrons. The Morgan fingerprint density at radius 2 is 1.90 bits per heavy atom. The Hall–Kier alpha value is -1.90. The third kappa shape index (κ3) is 3.80. The normalized spacial score (nSPS) is 12.6. The van der Waals surface area contributed by atoms with E-state index in [1.807, 2.05) is 0 Å². The Morgan fingerprint density at radius 1 is 1.20 bits per heavy atom. The van der Waals surface area contributed by atoms with E-state index < -0.39 is 0 Å². The summed E-state index contributed by atoms with van der Waals surface area (Å²) in [5.74, 6) is 0.910. The van der Waals surface area contributed by atoms with Gasteiger partial charge in [0.05, 0.1) is 0 Å². The molecule has 0 saturated carbocycles. The van der Waals surface area contributed by atoms with Crippen LogP contribution in [0.4, 0.5) is 0 Å². The number of carbonyl (C=O) groups is 1. The highest BCUT2D eigenvalue weighted by molar-refractivity contribution is 5.78. The summed E-state index contributed by atoms with van der Waals surface area (Å²) in [6.45, 7) is 6.53. The predicted molar refractivity (Wildman–Crippen MR) is 80.9 cm³/mol. The van der Waals surface area contributed by atoms with Crippen LogP contribution in [0.2, 0.25) is 0 Å². The molecular weight excluding hydrogens is 248 g/mol. The lowest BCUT2D eigenvalue weighted by molar-refractivity contribution is 0.0879. The topological polar surface area (TPSA) is 34.9 Å². The van der Waals surface area contributed by atoms with Crippen molar-refractivity contribution in [2.24, 2.45) is 5.92 Å². The zero-order valence-corrected chi connectivity index (χ0v) is 12.4. The van der Waals surface area contributed by atoms with E-state index in [-0.39, 0.29) is 11.8 Å². The molecule has 0 radical (unpaired) electrons. The second kappa shape index (κ2) is 6.51. The van der Waals surface area contributed by atoms with Crippen LogP contribution in [-0.4, -0.2) is 15.7 Å². The SMILES string of the molecule is CC(C)Cc1ccc(C(C)CC(=O)n2cccn2)cc1. The van der Waals surface area contributed by atoms with Gasteiger partial charge in [-0.1, -0.05) is 45.0 Å². The Labute approximate surface area is 120 Å². The van der Waals surface area contributed by atoms with E-state index >= 15 is 0 Å². The minimum Gasteiger partial charge on any atom is -0.273 e. The van der Waals surface area contributed by atoms with Gasteiger partial charge in [0.2, 0.25) is 5.91 Å². The zero-order chi connectivity index (χ0) is 14.5. The molecule has 3 heteroatoms. The average molecular weight is 270 g/mol. The highest BCUT2D eigenvalue weighted by atomic mass is 16.2. The Kier molecular flexibility index (Phi) is 4.72. The van der Waals surface area contributed by atoms with Gasteiger partial charge in [-0.05, 0) is 35.4 Å². The molecule has 1 heterocycles. The van der Waals surface area contributed by atoms with E-state index in [4.69, 9.17) is 0 Å². The van der Waals surface area contributed by atoms with Gasteiger partial charge in [-0.2, -0.15) is 5.10 Å². The Morgan fingerprint density at radius 3 is 2.45 bits per heavy atom. The third-order valence-electron chi connectivity index (χ3n) is 3.43. The van der Waals surface area contributed by atoms with Gasteiger partial charge in [-0.25, -0.2) is 4.68 Å². The Bertz CT molecular complexity index is 541. The lowest BCUT2D eigenvalue weighted by Gasteiger charge is -2.12. The van der Waals surface area contributed by atoms with Crippen molar-refractivity contribution < 1.29 is 4.79 Å². The highest BCUT2D eigenvalue weighted by Gasteiger charge is 2.13. The summed E-state index contributed by atoms with van der Waals surface area (Å²) in [5.41, 5.74) is 2.56. The highest BCUT2D eigenvalue weighted by Crippen LogP contribution is 2.21. The minimum absolute atomic E-state index is 0.0359. The molecule has 20 heavy (non-hydrogen) atoms. The summed E-state index contributed by atoms with van der Waals surface area (Å²) in [6, 6.07) is 10.4. The van der Waals surface area contributed by atoms with E-state index in [0.717, 1.165) is 6.42 Å². The largest absolute Gasteiger partial charge is 0.273 e. The molecule has 0 aliphatic heterocycles. The monoisotopic (exact) mass is 270 g/mol. The van der Waals surface area contributed by atoms with Crippen molar-refractivity contribution in [1.29, 1.82) is 0 Å². The molecule has 0 aliphatic rings. The summed E-state index contributed by atoms with van der Waals surface area (Å²) < 4.78 is 1.41. The molecule has 0 N–H and O–H groups in total. The van der Waals surface area contributed by atoms with Crippen molar-refractivity contribution in [3.63, 3.8) is 0 Å². The molecule has 3 nitrogen and oxygen atoms in total. The van der Waals surface area contributed by atoms with Crippen molar-refractivity contribution in [3.05, 3.63) is 53.9 Å². The van der Waals surface area contributed by atoms with Gasteiger partial charge >= 0.3 is 0 Å². The number of benzene rings is 1. The fourth-order valence-electron chi connectivity index (χ4n) is 2.34. The summed E-state index contributed by atoms with van der Waals surface area (Å²) in [6.07, 6.45) is 4.90. The van der Waals surface area contributed by atoms with E-state index in [1.165, 1.54) is 15.8 Å². The molecule has 0 fully saturated rings. The number of nitrogens with zero attached hydrogens (tertiary/aromatic N) is 2. The first kappa shape index (κ1) is 14.5. The van der Waals surface area contributed by atoms with Gasteiger partial charge in [-0.3, -0.25) is 4.79 Å². The van der Waals surface area contributed by atoms with E-state index in [0.29, 0.717) is 12.3 Å². The summed E-state index contributed by atoms with van der Waals surface area (Å²) >= 11 is 0. The lowest BCUT2D eigenvalue weighted by atomic mass is 9.94. The van der Waals surface area contributed by atoms with Gasteiger partial charge in [0.1, 0.15) is 0 Å². The number of hydrogen-bond acceptors (Lipinski definition) is 2. The molecule has 2 rings (SSSR count). The summed E-state index contributed by atoms with van der Waals surface area (Å²) in [7, 11) is 0. The molecule has 0 spiro atoms. The quantitative estimate of drug-likeness (QED) is 0.825. The smallest absolute Gasteiger partial charge is 0.247 e. The average Bonchev–Trinajstić information content (AvgIpc) is 2.92. The van der Waals surface area contributed by atoms with Crippen molar-refractivity contribution in [2.75, 3.05) is 0 Å². The van der Waals surface area contributed by atoms with Crippen LogP contribution in [0.25, 0.3) is 0 Å². The van der Waals surface area contributed by atoms with Crippen molar-refractivity contribution in [2.45, 2.75) is 39.5 Å². The molecule has 1 atom stereocenters. The first-order valence-electron chi connectivity index (χ1n) is 7.18. The van der Waals surface area contributed by atoms with Crippen LogP contribution in [0.1, 0.15) is 49.0 Å². The molecule has 1 unspecified atom stereocenters. The zero-order valence-electron chi connectivity index (χ0n) is 12.4.